The van der Waals surface area contributed by atoms with Gasteiger partial charge in [0.15, 0.2) is 0 Å². The highest BCUT2D eigenvalue weighted by atomic mass is 16.7. The molecule has 15 nitrogen and oxygen atoms in total. The van der Waals surface area contributed by atoms with Crippen LogP contribution in [0.4, 0.5) is 0 Å². The maximum atomic E-state index is 12.2. The van der Waals surface area contributed by atoms with E-state index in [1.165, 1.54) is 0 Å². The molecule has 0 saturated carbocycles. The number of hydrogen-bond acceptors (Lipinski definition) is 10. The van der Waals surface area contributed by atoms with Crippen LogP contribution < -0.4 is 16.1 Å². The molecule has 0 fully saturated rings. The Hall–Kier alpha value is -3.14. The van der Waals surface area contributed by atoms with E-state index in [4.69, 9.17) is 24.2 Å². The molecular formula is C30H53N3O12. The van der Waals surface area contributed by atoms with Crippen LogP contribution in [0.1, 0.15) is 96.8 Å². The molecule has 0 radical (unpaired) electrons. The summed E-state index contributed by atoms with van der Waals surface area (Å²) in [6, 6.07) is -1.12. The van der Waals surface area contributed by atoms with E-state index in [1.54, 1.807) is 6.92 Å². The average molecular weight is 648 g/mol. The van der Waals surface area contributed by atoms with Gasteiger partial charge in [-0.1, -0.05) is 38.5 Å². The summed E-state index contributed by atoms with van der Waals surface area (Å²) < 4.78 is 15.6. The lowest BCUT2D eigenvalue weighted by Crippen LogP contribution is -2.41. The van der Waals surface area contributed by atoms with Crippen molar-refractivity contribution in [2.24, 2.45) is 0 Å². The van der Waals surface area contributed by atoms with E-state index in [-0.39, 0.29) is 89.3 Å². The molecule has 1 atom stereocenters. The summed E-state index contributed by atoms with van der Waals surface area (Å²) in [5.74, 6) is -3.13. The Morgan fingerprint density at radius 2 is 1.18 bits per heavy atom. The van der Waals surface area contributed by atoms with Gasteiger partial charge in [0.1, 0.15) is 25.0 Å². The molecule has 0 unspecified atom stereocenters. The summed E-state index contributed by atoms with van der Waals surface area (Å²) in [4.78, 5) is 74.0. The molecule has 3 amide bonds. The fraction of sp³-hybridized carbons (Fsp3) is 0.800. The van der Waals surface area contributed by atoms with Gasteiger partial charge in [-0.15, -0.1) is 0 Å². The summed E-state index contributed by atoms with van der Waals surface area (Å²) in [7, 11) is 0. The Kier molecular flexibility index (Phi) is 27.5. The predicted octanol–water partition coefficient (Wildman–Crippen LogP) is 1.90. The van der Waals surface area contributed by atoms with Crippen molar-refractivity contribution in [1.82, 2.24) is 16.1 Å². The van der Waals surface area contributed by atoms with Gasteiger partial charge in [0.25, 0.3) is 5.91 Å². The van der Waals surface area contributed by atoms with E-state index < -0.39 is 23.9 Å². The third-order valence-electron chi connectivity index (χ3n) is 6.36. The summed E-state index contributed by atoms with van der Waals surface area (Å²) in [5.41, 5.74) is 2.19. The van der Waals surface area contributed by atoms with Gasteiger partial charge in [-0.05, 0) is 32.6 Å². The maximum Gasteiger partial charge on any atom is 0.326 e. The minimum Gasteiger partial charge on any atom is -0.481 e. The standard InChI is InChI=1S/C30H53N3O12/c1-2-31-27(36)22-44-20-21-45-33-28(37)23-43-19-18-42-17-11-12-24(34)15-16-25(30(40)41)32-26(35)13-9-7-5-3-4-6-8-10-14-29(38)39/h25H,2-23H2,1H3,(H,31,36)(H,32,35)(H,33,37)(H,38,39)(H,40,41)/t25-/m0/s1. The van der Waals surface area contributed by atoms with Crippen LogP contribution in [-0.2, 0) is 47.8 Å². The number of ether oxygens (including phenoxy) is 3. The number of carbonyl (C=O) groups is 6. The highest BCUT2D eigenvalue weighted by Crippen LogP contribution is 2.11. The Bertz CT molecular complexity index is 856. The monoisotopic (exact) mass is 647 g/mol. The highest BCUT2D eigenvalue weighted by Gasteiger charge is 2.20. The molecule has 5 N–H and O–H groups in total. The first-order chi connectivity index (χ1) is 21.6. The van der Waals surface area contributed by atoms with Crippen LogP contribution >= 0.6 is 0 Å². The van der Waals surface area contributed by atoms with Crippen LogP contribution in [0.3, 0.4) is 0 Å². The average Bonchev–Trinajstić information content (AvgIpc) is 2.99. The van der Waals surface area contributed by atoms with Crippen LogP contribution in [0.2, 0.25) is 0 Å². The second-order valence-electron chi connectivity index (χ2n) is 10.4. The lowest BCUT2D eigenvalue weighted by molar-refractivity contribution is -0.142. The lowest BCUT2D eigenvalue weighted by atomic mass is 10.0. The first-order valence-corrected chi connectivity index (χ1v) is 15.8. The molecule has 45 heavy (non-hydrogen) atoms. The van der Waals surface area contributed by atoms with Crippen molar-refractivity contribution in [3.05, 3.63) is 0 Å². The molecule has 260 valence electrons. The second kappa shape index (κ2) is 29.6. The van der Waals surface area contributed by atoms with Crippen molar-refractivity contribution in [3.63, 3.8) is 0 Å². The Morgan fingerprint density at radius 3 is 1.80 bits per heavy atom. The minimum atomic E-state index is -1.18. The molecule has 0 aliphatic heterocycles. The van der Waals surface area contributed by atoms with Crippen molar-refractivity contribution in [1.29, 1.82) is 0 Å². The van der Waals surface area contributed by atoms with Gasteiger partial charge in [0.05, 0.1) is 26.4 Å². The number of hydroxylamine groups is 1. The largest absolute Gasteiger partial charge is 0.481 e. The van der Waals surface area contributed by atoms with E-state index in [9.17, 15) is 33.9 Å². The first-order valence-electron chi connectivity index (χ1n) is 15.8. The fourth-order valence-electron chi connectivity index (χ4n) is 4.01. The molecule has 0 rings (SSSR count). The number of rotatable bonds is 32. The quantitative estimate of drug-likeness (QED) is 0.0523. The molecule has 0 aromatic carbocycles. The van der Waals surface area contributed by atoms with Gasteiger partial charge in [-0.2, -0.15) is 0 Å². The molecule has 0 saturated heterocycles. The molecular weight excluding hydrogens is 594 g/mol. The lowest BCUT2D eigenvalue weighted by Gasteiger charge is -2.14. The molecule has 0 bridgehead atoms. The zero-order valence-corrected chi connectivity index (χ0v) is 26.6. The number of aliphatic carboxylic acids is 2. The number of unbranched alkanes of at least 4 members (excludes halogenated alkanes) is 7. The van der Waals surface area contributed by atoms with Crippen molar-refractivity contribution in [2.75, 3.05) is 52.8 Å². The number of ketones is 1. The van der Waals surface area contributed by atoms with Crippen LogP contribution in [0.5, 0.6) is 0 Å². The van der Waals surface area contributed by atoms with Gasteiger partial charge in [0, 0.05) is 38.8 Å². The number of carbonyl (C=O) groups excluding carboxylic acids is 4. The van der Waals surface area contributed by atoms with Crippen LogP contribution in [0.25, 0.3) is 0 Å². The second-order valence-corrected chi connectivity index (χ2v) is 10.4. The van der Waals surface area contributed by atoms with Gasteiger partial charge >= 0.3 is 11.9 Å². The number of carboxylic acids is 2. The smallest absolute Gasteiger partial charge is 0.326 e. The number of hydrogen-bond donors (Lipinski definition) is 5. The van der Waals surface area contributed by atoms with Crippen molar-refractivity contribution in [3.8, 4) is 0 Å². The number of amides is 3. The van der Waals surface area contributed by atoms with E-state index in [2.05, 4.69) is 16.1 Å². The van der Waals surface area contributed by atoms with Crippen molar-refractivity contribution in [2.45, 2.75) is 103 Å². The summed E-state index contributed by atoms with van der Waals surface area (Å²) in [6.07, 6.45) is 8.27. The topological polar surface area (TPSA) is 216 Å². The Labute approximate surface area is 265 Å². The number of carboxylic acid groups (broad SMARTS) is 2. The van der Waals surface area contributed by atoms with E-state index in [0.29, 0.717) is 32.4 Å². The first kappa shape index (κ1) is 41.9. The number of Topliss-reactive ketones (excluding diaryl/α,β-unsaturated/α-hetero) is 1. The molecule has 0 aliphatic carbocycles. The van der Waals surface area contributed by atoms with E-state index >= 15 is 0 Å². The maximum absolute atomic E-state index is 12.2. The van der Waals surface area contributed by atoms with E-state index in [1.807, 2.05) is 0 Å². The number of nitrogens with one attached hydrogen (secondary N) is 3. The van der Waals surface area contributed by atoms with Gasteiger partial charge in [-0.25, -0.2) is 10.3 Å². The SMILES string of the molecule is CCNC(=O)COCCONC(=O)COCCOCCCC(=O)CC[C@H](NC(=O)CCCCCCCCCCC(=O)O)C(=O)O. The van der Waals surface area contributed by atoms with Crippen LogP contribution in [-0.4, -0.2) is 104 Å². The van der Waals surface area contributed by atoms with Crippen LogP contribution in [0.15, 0.2) is 0 Å². The molecule has 0 heterocycles. The van der Waals surface area contributed by atoms with Gasteiger partial charge in [0.2, 0.25) is 11.8 Å². The summed E-state index contributed by atoms with van der Waals surface area (Å²) >= 11 is 0. The molecule has 15 heteroatoms. The molecule has 0 spiro atoms. The summed E-state index contributed by atoms with van der Waals surface area (Å²) in [6.45, 7) is 2.88. The van der Waals surface area contributed by atoms with Gasteiger partial charge < -0.3 is 35.1 Å². The molecule has 0 aliphatic rings. The van der Waals surface area contributed by atoms with Crippen molar-refractivity contribution >= 4 is 35.4 Å². The summed E-state index contributed by atoms with van der Waals surface area (Å²) in [5, 5.41) is 23.1. The minimum absolute atomic E-state index is 0.0192. The molecule has 0 aromatic rings. The molecule has 0 aromatic heterocycles. The fourth-order valence-corrected chi connectivity index (χ4v) is 4.01. The third kappa shape index (κ3) is 29.3. The Balaban J connectivity index is 3.73. The predicted molar refractivity (Wildman–Crippen MR) is 162 cm³/mol. The zero-order valence-electron chi connectivity index (χ0n) is 26.6. The number of likely N-dealkylation sites (N-methyl/N-ethyl adjacent to an activating group) is 1. The van der Waals surface area contributed by atoms with Crippen LogP contribution in [0, 0.1) is 0 Å². The van der Waals surface area contributed by atoms with E-state index in [0.717, 1.165) is 38.5 Å². The zero-order chi connectivity index (χ0) is 33.5. The Morgan fingerprint density at radius 1 is 0.600 bits per heavy atom. The normalized spacial score (nSPS) is 11.5. The van der Waals surface area contributed by atoms with Gasteiger partial charge in [-0.3, -0.25) is 28.8 Å². The highest BCUT2D eigenvalue weighted by molar-refractivity contribution is 5.84. The third-order valence-corrected chi connectivity index (χ3v) is 6.36. The van der Waals surface area contributed by atoms with Crippen molar-refractivity contribution < 1.29 is 58.0 Å².